The van der Waals surface area contributed by atoms with Crippen molar-refractivity contribution in [3.05, 3.63) is 77.5 Å². The second-order valence-electron chi connectivity index (χ2n) is 10.3. The molecule has 0 bridgehead atoms. The Morgan fingerprint density at radius 1 is 1.15 bits per heavy atom. The van der Waals surface area contributed by atoms with Gasteiger partial charge in [0.1, 0.15) is 18.0 Å². The number of benzene rings is 2. The van der Waals surface area contributed by atoms with E-state index in [1.54, 1.807) is 13.3 Å². The number of aliphatic hydroxyl groups is 1. The van der Waals surface area contributed by atoms with Crippen molar-refractivity contribution in [3.63, 3.8) is 0 Å². The lowest BCUT2D eigenvalue weighted by atomic mass is 9.78. The van der Waals surface area contributed by atoms with Crippen LogP contribution in [0.3, 0.4) is 0 Å². The molecule has 202 valence electrons. The SMILES string of the molecule is COB1OC(C)c2cc(Nc3cc(N[C@H](CO)c4ccccc4)c(C4=NC5(CCOCC5)CO4)cn3)ccc21. The van der Waals surface area contributed by atoms with Crippen molar-refractivity contribution in [1.82, 2.24) is 4.98 Å². The number of nitrogens with one attached hydrogen (secondary N) is 2. The van der Waals surface area contributed by atoms with E-state index >= 15 is 0 Å². The molecule has 0 saturated carbocycles. The number of nitrogens with zero attached hydrogens (tertiary/aromatic N) is 2. The Labute approximate surface area is 228 Å². The third-order valence-corrected chi connectivity index (χ3v) is 7.68. The molecule has 2 aromatic carbocycles. The van der Waals surface area contributed by atoms with Crippen LogP contribution < -0.4 is 16.1 Å². The highest BCUT2D eigenvalue weighted by Gasteiger charge is 2.39. The van der Waals surface area contributed by atoms with E-state index in [1.807, 2.05) is 55.5 Å². The molecule has 0 radical (unpaired) electrons. The minimum absolute atomic E-state index is 0.0644. The summed E-state index contributed by atoms with van der Waals surface area (Å²) in [6.07, 6.45) is 3.38. The maximum atomic E-state index is 10.3. The van der Waals surface area contributed by atoms with Gasteiger partial charge in [-0.05, 0) is 48.5 Å². The van der Waals surface area contributed by atoms with Crippen molar-refractivity contribution >= 4 is 35.7 Å². The smallest absolute Gasteiger partial charge is 0.475 e. The number of hydrogen-bond acceptors (Lipinski definition) is 9. The summed E-state index contributed by atoms with van der Waals surface area (Å²) in [6.45, 7) is 3.84. The topological polar surface area (TPSA) is 106 Å². The number of fused-ring (bicyclic) bond motifs is 1. The zero-order chi connectivity index (χ0) is 26.8. The third kappa shape index (κ3) is 5.25. The van der Waals surface area contributed by atoms with Gasteiger partial charge in [0, 0.05) is 38.3 Å². The maximum absolute atomic E-state index is 10.3. The number of aliphatic imine (C=N–C) groups is 1. The average Bonchev–Trinajstić information content (AvgIpc) is 3.52. The zero-order valence-corrected chi connectivity index (χ0v) is 22.2. The quantitative estimate of drug-likeness (QED) is 0.380. The Morgan fingerprint density at radius 2 is 1.97 bits per heavy atom. The summed E-state index contributed by atoms with van der Waals surface area (Å²) >= 11 is 0. The molecule has 2 atom stereocenters. The van der Waals surface area contributed by atoms with Crippen molar-refractivity contribution in [2.24, 2.45) is 4.99 Å². The first kappa shape index (κ1) is 25.8. The second kappa shape index (κ2) is 11.0. The number of aliphatic hydroxyl groups excluding tert-OH is 1. The molecular weight excluding hydrogens is 495 g/mol. The van der Waals surface area contributed by atoms with Gasteiger partial charge < -0.3 is 34.5 Å². The van der Waals surface area contributed by atoms with Gasteiger partial charge in [-0.1, -0.05) is 36.4 Å². The molecule has 1 unspecified atom stereocenters. The molecule has 10 heteroatoms. The fraction of sp³-hybridized carbons (Fsp3) is 0.379. The normalized spacial score (nSPS) is 20.3. The largest absolute Gasteiger partial charge is 0.494 e. The Hall–Kier alpha value is -3.44. The lowest BCUT2D eigenvalue weighted by Gasteiger charge is -2.28. The molecule has 9 nitrogen and oxygen atoms in total. The summed E-state index contributed by atoms with van der Waals surface area (Å²) in [5.74, 6) is 1.22. The number of hydrogen-bond donors (Lipinski definition) is 3. The van der Waals surface area contributed by atoms with Crippen LogP contribution in [0, 0.1) is 0 Å². The molecule has 6 rings (SSSR count). The molecule has 1 aromatic heterocycles. The maximum Gasteiger partial charge on any atom is 0.494 e. The predicted octanol–water partition coefficient (Wildman–Crippen LogP) is 3.73. The van der Waals surface area contributed by atoms with E-state index in [2.05, 4.69) is 16.7 Å². The van der Waals surface area contributed by atoms with Gasteiger partial charge in [0.2, 0.25) is 5.90 Å². The highest BCUT2D eigenvalue weighted by atomic mass is 16.6. The Balaban J connectivity index is 1.32. The van der Waals surface area contributed by atoms with Gasteiger partial charge in [0.15, 0.2) is 0 Å². The van der Waals surface area contributed by atoms with Crippen LogP contribution in [-0.4, -0.2) is 62.2 Å². The van der Waals surface area contributed by atoms with Crippen molar-refractivity contribution in [1.29, 1.82) is 0 Å². The van der Waals surface area contributed by atoms with E-state index in [0.29, 0.717) is 31.5 Å². The van der Waals surface area contributed by atoms with E-state index in [9.17, 15) is 5.11 Å². The number of aromatic nitrogens is 1. The van der Waals surface area contributed by atoms with Crippen LogP contribution >= 0.6 is 0 Å². The highest BCUT2D eigenvalue weighted by molar-refractivity contribution is 6.63. The predicted molar refractivity (Wildman–Crippen MR) is 151 cm³/mol. The average molecular weight is 528 g/mol. The van der Waals surface area contributed by atoms with Gasteiger partial charge in [-0.3, -0.25) is 0 Å². The van der Waals surface area contributed by atoms with Crippen molar-refractivity contribution < 1.29 is 23.9 Å². The summed E-state index contributed by atoms with van der Waals surface area (Å²) in [6, 6.07) is 17.6. The van der Waals surface area contributed by atoms with Crippen LogP contribution in [0.5, 0.6) is 0 Å². The van der Waals surface area contributed by atoms with E-state index in [-0.39, 0.29) is 31.4 Å². The molecule has 0 amide bonds. The van der Waals surface area contributed by atoms with Crippen molar-refractivity contribution in [3.8, 4) is 0 Å². The molecule has 1 saturated heterocycles. The van der Waals surface area contributed by atoms with Crippen molar-refractivity contribution in [2.75, 3.05) is 44.2 Å². The van der Waals surface area contributed by atoms with Gasteiger partial charge >= 0.3 is 7.12 Å². The molecule has 3 aliphatic rings. The van der Waals surface area contributed by atoms with Gasteiger partial charge in [-0.15, -0.1) is 0 Å². The van der Waals surface area contributed by atoms with Crippen LogP contribution in [0.1, 0.15) is 48.6 Å². The zero-order valence-electron chi connectivity index (χ0n) is 22.2. The lowest BCUT2D eigenvalue weighted by molar-refractivity contribution is 0.0442. The molecule has 4 heterocycles. The molecular formula is C29H33BN4O5. The highest BCUT2D eigenvalue weighted by Crippen LogP contribution is 2.35. The minimum atomic E-state index is -0.350. The molecule has 1 fully saturated rings. The van der Waals surface area contributed by atoms with E-state index in [4.69, 9.17) is 28.8 Å². The molecule has 3 aromatic rings. The molecule has 39 heavy (non-hydrogen) atoms. The number of pyridine rings is 1. The monoisotopic (exact) mass is 528 g/mol. The van der Waals surface area contributed by atoms with Crippen LogP contribution in [0.25, 0.3) is 0 Å². The van der Waals surface area contributed by atoms with E-state index in [1.165, 1.54) is 0 Å². The van der Waals surface area contributed by atoms with Gasteiger partial charge in [0.25, 0.3) is 0 Å². The summed E-state index contributed by atoms with van der Waals surface area (Å²) in [5, 5.41) is 17.2. The minimum Gasteiger partial charge on any atom is -0.475 e. The Kier molecular flexibility index (Phi) is 7.27. The third-order valence-electron chi connectivity index (χ3n) is 7.68. The summed E-state index contributed by atoms with van der Waals surface area (Å²) < 4.78 is 23.0. The Bertz CT molecular complexity index is 1350. The molecule has 0 aliphatic carbocycles. The lowest BCUT2D eigenvalue weighted by Crippen LogP contribution is -2.35. The van der Waals surface area contributed by atoms with Crippen LogP contribution in [-0.2, 0) is 18.8 Å². The molecule has 3 N–H and O–H groups in total. The number of ether oxygens (including phenoxy) is 2. The molecule has 1 spiro atoms. The van der Waals surface area contributed by atoms with Crippen LogP contribution in [0.15, 0.2) is 65.8 Å². The summed E-state index contributed by atoms with van der Waals surface area (Å²) in [4.78, 5) is 9.73. The fourth-order valence-electron chi connectivity index (χ4n) is 5.43. The summed E-state index contributed by atoms with van der Waals surface area (Å²) in [5.41, 5.74) is 5.28. The second-order valence-corrected chi connectivity index (χ2v) is 10.3. The standard InChI is InChI=1S/C29H33BN4O5/c1-19-22-14-21(8-9-24(22)30(36-2)39-19)32-27-15-25(33-26(17-35)20-6-4-3-5-7-20)23(16-31-27)28-34-29(18-38-28)10-12-37-13-11-29/h3-9,14-16,19,26,35H,10-13,17-18H2,1-2H3,(H2,31,32,33)/t19?,26-/m1/s1. The van der Waals surface area contributed by atoms with E-state index < -0.39 is 0 Å². The van der Waals surface area contributed by atoms with Gasteiger partial charge in [-0.25, -0.2) is 9.98 Å². The Morgan fingerprint density at radius 3 is 2.74 bits per heavy atom. The van der Waals surface area contributed by atoms with Crippen LogP contribution in [0.4, 0.5) is 17.2 Å². The summed E-state index contributed by atoms with van der Waals surface area (Å²) in [7, 11) is 1.30. The van der Waals surface area contributed by atoms with Gasteiger partial charge in [-0.2, -0.15) is 0 Å². The number of rotatable bonds is 8. The van der Waals surface area contributed by atoms with Crippen LogP contribution in [0.2, 0.25) is 0 Å². The molecule has 3 aliphatic heterocycles. The van der Waals surface area contributed by atoms with Gasteiger partial charge in [0.05, 0.1) is 30.0 Å². The fourth-order valence-corrected chi connectivity index (χ4v) is 5.43. The van der Waals surface area contributed by atoms with Crippen molar-refractivity contribution in [2.45, 2.75) is 37.5 Å². The first-order chi connectivity index (χ1) is 19.1. The first-order valence-corrected chi connectivity index (χ1v) is 13.4. The number of anilines is 3. The van der Waals surface area contributed by atoms with E-state index in [0.717, 1.165) is 46.4 Å². The first-order valence-electron chi connectivity index (χ1n) is 13.4.